The van der Waals surface area contributed by atoms with Gasteiger partial charge in [-0.2, -0.15) is 0 Å². The normalized spacial score (nSPS) is 11.3. The van der Waals surface area contributed by atoms with Gasteiger partial charge in [-0.25, -0.2) is 4.39 Å². The summed E-state index contributed by atoms with van der Waals surface area (Å²) in [6, 6.07) is 14.0. The molecule has 0 aromatic heterocycles. The quantitative estimate of drug-likeness (QED) is 0.734. The standard InChI is InChI=1S/C20H24FNO/c1-20(2,3)22(4)18-7-5-6-16(14-18)19(23)13-10-15-8-11-17(21)12-9-15/h5-9,11-12,14H,10,13H2,1-4H3. The number of rotatable bonds is 5. The van der Waals surface area contributed by atoms with Gasteiger partial charge in [0.15, 0.2) is 5.78 Å². The van der Waals surface area contributed by atoms with Crippen LogP contribution in [0, 0.1) is 5.82 Å². The first-order valence-corrected chi connectivity index (χ1v) is 7.89. The van der Waals surface area contributed by atoms with Crippen molar-refractivity contribution in [3.05, 3.63) is 65.5 Å². The van der Waals surface area contributed by atoms with Crippen LogP contribution < -0.4 is 4.90 Å². The Hall–Kier alpha value is -2.16. The molecule has 0 unspecified atom stereocenters. The van der Waals surface area contributed by atoms with Crippen LogP contribution in [0.2, 0.25) is 0 Å². The van der Waals surface area contributed by atoms with Gasteiger partial charge >= 0.3 is 0 Å². The molecule has 0 saturated heterocycles. The number of hydrogen-bond donors (Lipinski definition) is 0. The van der Waals surface area contributed by atoms with Gasteiger partial charge in [-0.1, -0.05) is 24.3 Å². The Morgan fingerprint density at radius 3 is 2.35 bits per heavy atom. The zero-order valence-corrected chi connectivity index (χ0v) is 14.3. The molecule has 0 aliphatic rings. The summed E-state index contributed by atoms with van der Waals surface area (Å²) < 4.78 is 12.9. The number of nitrogens with zero attached hydrogens (tertiary/aromatic N) is 1. The average molecular weight is 313 g/mol. The largest absolute Gasteiger partial charge is 0.370 e. The maximum Gasteiger partial charge on any atom is 0.163 e. The van der Waals surface area contributed by atoms with E-state index in [9.17, 15) is 9.18 Å². The van der Waals surface area contributed by atoms with Gasteiger partial charge in [-0.3, -0.25) is 4.79 Å². The predicted octanol–water partition coefficient (Wildman–Crippen LogP) is 4.88. The Labute approximate surface area is 137 Å². The highest BCUT2D eigenvalue weighted by Gasteiger charge is 2.18. The van der Waals surface area contributed by atoms with E-state index >= 15 is 0 Å². The number of aryl methyl sites for hydroxylation is 1. The van der Waals surface area contributed by atoms with Crippen LogP contribution in [-0.2, 0) is 6.42 Å². The molecule has 0 spiro atoms. The van der Waals surface area contributed by atoms with E-state index in [4.69, 9.17) is 0 Å². The van der Waals surface area contributed by atoms with E-state index in [0.29, 0.717) is 12.8 Å². The van der Waals surface area contributed by atoms with Crippen molar-refractivity contribution < 1.29 is 9.18 Å². The molecule has 2 aromatic rings. The summed E-state index contributed by atoms with van der Waals surface area (Å²) in [7, 11) is 2.03. The molecule has 3 heteroatoms. The molecule has 23 heavy (non-hydrogen) atoms. The second kappa shape index (κ2) is 6.95. The average Bonchev–Trinajstić information content (AvgIpc) is 2.52. The number of Topliss-reactive ketones (excluding diaryl/α,β-unsaturated/α-hetero) is 1. The number of anilines is 1. The highest BCUT2D eigenvalue weighted by atomic mass is 19.1. The smallest absolute Gasteiger partial charge is 0.163 e. The van der Waals surface area contributed by atoms with Crippen molar-refractivity contribution >= 4 is 11.5 Å². The van der Waals surface area contributed by atoms with Gasteiger partial charge in [0.2, 0.25) is 0 Å². The molecule has 0 atom stereocenters. The SMILES string of the molecule is CN(c1cccc(C(=O)CCc2ccc(F)cc2)c1)C(C)(C)C. The fourth-order valence-corrected chi connectivity index (χ4v) is 2.33. The third-order valence-electron chi connectivity index (χ3n) is 4.12. The maximum absolute atomic E-state index is 12.9. The minimum absolute atomic E-state index is 0.00418. The van der Waals surface area contributed by atoms with Gasteiger partial charge < -0.3 is 4.90 Å². The highest BCUT2D eigenvalue weighted by Crippen LogP contribution is 2.23. The van der Waals surface area contributed by atoms with Crippen LogP contribution in [0.25, 0.3) is 0 Å². The fraction of sp³-hybridized carbons (Fsp3) is 0.350. The van der Waals surface area contributed by atoms with E-state index in [0.717, 1.165) is 16.8 Å². The summed E-state index contributed by atoms with van der Waals surface area (Å²) in [5, 5.41) is 0. The lowest BCUT2D eigenvalue weighted by Crippen LogP contribution is -2.38. The molecule has 0 amide bonds. The van der Waals surface area contributed by atoms with Gasteiger partial charge in [0.1, 0.15) is 5.82 Å². The second-order valence-corrected chi connectivity index (χ2v) is 6.83. The number of carbonyl (C=O) groups excluding carboxylic acids is 1. The van der Waals surface area contributed by atoms with E-state index in [-0.39, 0.29) is 17.1 Å². The van der Waals surface area contributed by atoms with E-state index in [1.807, 2.05) is 31.3 Å². The molecule has 0 aliphatic heterocycles. The van der Waals surface area contributed by atoms with Crippen molar-refractivity contribution in [1.82, 2.24) is 0 Å². The summed E-state index contributed by atoms with van der Waals surface area (Å²) in [6.45, 7) is 6.40. The number of hydrogen-bond acceptors (Lipinski definition) is 2. The predicted molar refractivity (Wildman–Crippen MR) is 93.6 cm³/mol. The van der Waals surface area contributed by atoms with Gasteiger partial charge in [-0.05, 0) is 57.0 Å². The molecule has 122 valence electrons. The molecule has 2 aromatic carbocycles. The Kier molecular flexibility index (Phi) is 5.19. The molecule has 2 rings (SSSR count). The van der Waals surface area contributed by atoms with Crippen molar-refractivity contribution in [3.8, 4) is 0 Å². The van der Waals surface area contributed by atoms with Crippen molar-refractivity contribution in [2.75, 3.05) is 11.9 Å². The molecule has 0 heterocycles. The minimum atomic E-state index is -0.252. The summed E-state index contributed by atoms with van der Waals surface area (Å²) in [6.07, 6.45) is 1.05. The Morgan fingerprint density at radius 1 is 1.09 bits per heavy atom. The Bertz CT molecular complexity index is 671. The van der Waals surface area contributed by atoms with Crippen molar-refractivity contribution in [2.24, 2.45) is 0 Å². The molecule has 0 bridgehead atoms. The van der Waals surface area contributed by atoms with Crippen molar-refractivity contribution in [2.45, 2.75) is 39.2 Å². The lowest BCUT2D eigenvalue weighted by Gasteiger charge is -2.34. The molecule has 0 radical (unpaired) electrons. The number of carbonyl (C=O) groups is 1. The highest BCUT2D eigenvalue weighted by molar-refractivity contribution is 5.97. The number of ketones is 1. The van der Waals surface area contributed by atoms with Crippen LogP contribution in [0.15, 0.2) is 48.5 Å². The third-order valence-corrected chi connectivity index (χ3v) is 4.12. The Morgan fingerprint density at radius 2 is 1.74 bits per heavy atom. The van der Waals surface area contributed by atoms with Crippen LogP contribution in [0.1, 0.15) is 43.1 Å². The van der Waals surface area contributed by atoms with Crippen molar-refractivity contribution in [1.29, 1.82) is 0 Å². The second-order valence-electron chi connectivity index (χ2n) is 6.83. The molecule has 0 aliphatic carbocycles. The first-order chi connectivity index (χ1) is 10.8. The van der Waals surface area contributed by atoms with Crippen LogP contribution in [0.4, 0.5) is 10.1 Å². The summed E-state index contributed by atoms with van der Waals surface area (Å²) in [4.78, 5) is 14.6. The van der Waals surface area contributed by atoms with Crippen LogP contribution >= 0.6 is 0 Å². The van der Waals surface area contributed by atoms with Gasteiger partial charge in [0.05, 0.1) is 0 Å². The van der Waals surface area contributed by atoms with E-state index in [2.05, 4.69) is 25.7 Å². The summed E-state index contributed by atoms with van der Waals surface area (Å²) in [5.41, 5.74) is 2.73. The molecule has 0 N–H and O–H groups in total. The molecule has 2 nitrogen and oxygen atoms in total. The van der Waals surface area contributed by atoms with Gasteiger partial charge in [0, 0.05) is 30.3 Å². The van der Waals surface area contributed by atoms with Gasteiger partial charge in [0.25, 0.3) is 0 Å². The van der Waals surface area contributed by atoms with E-state index in [1.54, 1.807) is 12.1 Å². The number of halogens is 1. The molecular formula is C20H24FNO. The molecular weight excluding hydrogens is 289 g/mol. The van der Waals surface area contributed by atoms with Crippen molar-refractivity contribution in [3.63, 3.8) is 0 Å². The zero-order valence-electron chi connectivity index (χ0n) is 14.3. The lowest BCUT2D eigenvalue weighted by atomic mass is 10.0. The minimum Gasteiger partial charge on any atom is -0.370 e. The summed E-state index contributed by atoms with van der Waals surface area (Å²) >= 11 is 0. The molecule has 0 saturated carbocycles. The lowest BCUT2D eigenvalue weighted by molar-refractivity contribution is 0.0983. The summed E-state index contributed by atoms with van der Waals surface area (Å²) in [5.74, 6) is -0.142. The first kappa shape index (κ1) is 17.2. The van der Waals surface area contributed by atoms with E-state index in [1.165, 1.54) is 12.1 Å². The Balaban J connectivity index is 2.06. The fourth-order valence-electron chi connectivity index (χ4n) is 2.33. The van der Waals surface area contributed by atoms with Crippen LogP contribution in [0.3, 0.4) is 0 Å². The first-order valence-electron chi connectivity index (χ1n) is 7.89. The number of benzene rings is 2. The van der Waals surface area contributed by atoms with Gasteiger partial charge in [-0.15, -0.1) is 0 Å². The monoisotopic (exact) mass is 313 g/mol. The topological polar surface area (TPSA) is 20.3 Å². The molecule has 0 fully saturated rings. The van der Waals surface area contributed by atoms with E-state index < -0.39 is 0 Å². The van der Waals surface area contributed by atoms with Crippen LogP contribution in [-0.4, -0.2) is 18.4 Å². The zero-order chi connectivity index (χ0) is 17.0. The van der Waals surface area contributed by atoms with Crippen LogP contribution in [0.5, 0.6) is 0 Å². The third kappa shape index (κ3) is 4.65. The maximum atomic E-state index is 12.9.